The van der Waals surface area contributed by atoms with Crippen LogP contribution in [0.5, 0.6) is 0 Å². The van der Waals surface area contributed by atoms with Crippen molar-refractivity contribution in [2.75, 3.05) is 6.54 Å². The molecular weight excluding hydrogens is 314 g/mol. The highest BCUT2D eigenvalue weighted by Gasteiger charge is 2.10. The predicted molar refractivity (Wildman–Crippen MR) is 84.2 cm³/mol. The van der Waals surface area contributed by atoms with Crippen LogP contribution < -0.4 is 5.32 Å². The molecule has 3 aromatic rings. The molecule has 7 heteroatoms. The van der Waals surface area contributed by atoms with Gasteiger partial charge < -0.3 is 5.32 Å². The van der Waals surface area contributed by atoms with Crippen LogP contribution in [-0.4, -0.2) is 27.6 Å². The summed E-state index contributed by atoms with van der Waals surface area (Å²) in [6.45, 7) is 0.264. The Morgan fingerprint density at radius 2 is 1.79 bits per heavy atom. The van der Waals surface area contributed by atoms with Crippen molar-refractivity contribution in [2.45, 2.75) is 6.42 Å². The summed E-state index contributed by atoms with van der Waals surface area (Å²) in [6, 6.07) is 12.2. The van der Waals surface area contributed by atoms with Gasteiger partial charge in [-0.2, -0.15) is 5.10 Å². The topological polar surface area (TPSA) is 70.7 Å². The third kappa shape index (κ3) is 3.81. The van der Waals surface area contributed by atoms with E-state index in [2.05, 4.69) is 20.5 Å². The number of nitrogens with zero attached hydrogens (tertiary/aromatic N) is 2. The molecule has 0 atom stereocenters. The van der Waals surface area contributed by atoms with Crippen LogP contribution in [-0.2, 0) is 6.42 Å². The van der Waals surface area contributed by atoms with Crippen molar-refractivity contribution in [3.63, 3.8) is 0 Å². The molecule has 0 bridgehead atoms. The summed E-state index contributed by atoms with van der Waals surface area (Å²) in [5.74, 6) is -0.939. The summed E-state index contributed by atoms with van der Waals surface area (Å²) >= 11 is 0. The van der Waals surface area contributed by atoms with Gasteiger partial charge in [0, 0.05) is 30.2 Å². The number of hydrogen-bond acceptors (Lipinski definition) is 3. The van der Waals surface area contributed by atoms with Crippen LogP contribution in [0, 0.1) is 11.6 Å². The normalized spacial score (nSPS) is 10.6. The van der Waals surface area contributed by atoms with Gasteiger partial charge in [-0.3, -0.25) is 9.89 Å². The Labute approximate surface area is 136 Å². The lowest BCUT2D eigenvalue weighted by atomic mass is 10.2. The first-order chi connectivity index (χ1) is 11.6. The zero-order valence-corrected chi connectivity index (χ0v) is 12.6. The summed E-state index contributed by atoms with van der Waals surface area (Å²) in [7, 11) is 0. The number of aromatic nitrogens is 3. The lowest BCUT2D eigenvalue weighted by Crippen LogP contribution is -2.26. The fourth-order valence-electron chi connectivity index (χ4n) is 2.20. The minimum atomic E-state index is -0.789. The smallest absolute Gasteiger partial charge is 0.251 e. The summed E-state index contributed by atoms with van der Waals surface area (Å²) in [4.78, 5) is 16.2. The first-order valence-electron chi connectivity index (χ1n) is 7.33. The van der Waals surface area contributed by atoms with Gasteiger partial charge in [-0.25, -0.2) is 13.8 Å². The van der Waals surface area contributed by atoms with Crippen LogP contribution in [0.3, 0.4) is 0 Å². The predicted octanol–water partition coefficient (Wildman–Crippen LogP) is 2.72. The zero-order chi connectivity index (χ0) is 16.9. The lowest BCUT2D eigenvalue weighted by Gasteiger charge is -2.04. The highest BCUT2D eigenvalue weighted by Crippen LogP contribution is 2.13. The molecule has 2 N–H and O–H groups in total. The molecule has 5 nitrogen and oxygen atoms in total. The summed E-state index contributed by atoms with van der Waals surface area (Å²) in [5, 5.41) is 9.51. The third-order valence-corrected chi connectivity index (χ3v) is 3.34. The molecule has 122 valence electrons. The fourth-order valence-corrected chi connectivity index (χ4v) is 2.20. The van der Waals surface area contributed by atoms with Gasteiger partial charge in [0.25, 0.3) is 5.91 Å². The largest absolute Gasteiger partial charge is 0.352 e. The number of benzene rings is 2. The maximum absolute atomic E-state index is 13.1. The molecule has 1 heterocycles. The van der Waals surface area contributed by atoms with Crippen molar-refractivity contribution in [2.24, 2.45) is 0 Å². The van der Waals surface area contributed by atoms with E-state index in [-0.39, 0.29) is 12.1 Å². The number of carbonyl (C=O) groups excluding carboxylic acids is 1. The van der Waals surface area contributed by atoms with Crippen LogP contribution >= 0.6 is 0 Å². The number of carbonyl (C=O) groups is 1. The first kappa shape index (κ1) is 15.8. The van der Waals surface area contributed by atoms with Crippen molar-refractivity contribution in [3.8, 4) is 11.4 Å². The molecule has 0 aliphatic carbocycles. The van der Waals surface area contributed by atoms with Gasteiger partial charge in [0.1, 0.15) is 17.5 Å². The van der Waals surface area contributed by atoms with Crippen molar-refractivity contribution >= 4 is 5.91 Å². The van der Waals surface area contributed by atoms with Crippen molar-refractivity contribution < 1.29 is 13.6 Å². The van der Waals surface area contributed by atoms with Crippen LogP contribution in [0.15, 0.2) is 48.5 Å². The summed E-state index contributed by atoms with van der Waals surface area (Å²) in [6.07, 6.45) is 0.420. The molecule has 3 rings (SSSR count). The van der Waals surface area contributed by atoms with Crippen LogP contribution in [0.1, 0.15) is 16.2 Å². The van der Waals surface area contributed by atoms with E-state index in [0.29, 0.717) is 18.1 Å². The quantitative estimate of drug-likeness (QED) is 0.756. The van der Waals surface area contributed by atoms with Crippen molar-refractivity contribution in [1.29, 1.82) is 0 Å². The number of nitrogens with one attached hydrogen (secondary N) is 2. The second-order valence-electron chi connectivity index (χ2n) is 5.14. The van der Waals surface area contributed by atoms with Gasteiger partial charge in [0.15, 0.2) is 5.82 Å². The third-order valence-electron chi connectivity index (χ3n) is 3.34. The van der Waals surface area contributed by atoms with Crippen molar-refractivity contribution in [1.82, 2.24) is 20.5 Å². The highest BCUT2D eigenvalue weighted by atomic mass is 19.1. The van der Waals surface area contributed by atoms with Gasteiger partial charge in [-0.15, -0.1) is 0 Å². The Bertz CT molecular complexity index is 829. The number of H-pyrrole nitrogens is 1. The summed E-state index contributed by atoms with van der Waals surface area (Å²) in [5.41, 5.74) is 0.828. The standard InChI is InChI=1S/C17H14F2N4O/c18-13-8-12(9-14(19)10-13)17(24)20-7-6-15-21-16(23-22-15)11-4-2-1-3-5-11/h1-5,8-10H,6-7H2,(H,20,24)(H,21,22,23). The Morgan fingerprint density at radius 1 is 1.08 bits per heavy atom. The number of rotatable bonds is 5. The molecule has 0 unspecified atom stereocenters. The molecular formula is C17H14F2N4O. The molecule has 1 amide bonds. The fraction of sp³-hybridized carbons (Fsp3) is 0.118. The molecule has 24 heavy (non-hydrogen) atoms. The Morgan fingerprint density at radius 3 is 2.50 bits per heavy atom. The minimum absolute atomic E-state index is 0.0601. The van der Waals surface area contributed by atoms with E-state index >= 15 is 0 Å². The Hall–Kier alpha value is -3.09. The van der Waals surface area contributed by atoms with E-state index in [9.17, 15) is 13.6 Å². The SMILES string of the molecule is O=C(NCCc1nc(-c2ccccc2)n[nH]1)c1cc(F)cc(F)c1. The van der Waals surface area contributed by atoms with Gasteiger partial charge in [0.05, 0.1) is 0 Å². The van der Waals surface area contributed by atoms with E-state index in [0.717, 1.165) is 23.8 Å². The second-order valence-corrected chi connectivity index (χ2v) is 5.14. The maximum Gasteiger partial charge on any atom is 0.251 e. The number of halogens is 2. The van der Waals surface area contributed by atoms with E-state index in [1.54, 1.807) is 0 Å². The zero-order valence-electron chi connectivity index (χ0n) is 12.6. The van der Waals surface area contributed by atoms with Crippen molar-refractivity contribution in [3.05, 3.63) is 71.6 Å². The molecule has 0 saturated carbocycles. The minimum Gasteiger partial charge on any atom is -0.352 e. The number of amides is 1. The highest BCUT2D eigenvalue weighted by molar-refractivity contribution is 5.94. The summed E-state index contributed by atoms with van der Waals surface area (Å²) < 4.78 is 26.2. The van der Waals surface area contributed by atoms with Gasteiger partial charge in [-0.1, -0.05) is 30.3 Å². The van der Waals surface area contributed by atoms with Crippen LogP contribution in [0.4, 0.5) is 8.78 Å². The maximum atomic E-state index is 13.1. The van der Waals surface area contributed by atoms with E-state index in [1.807, 2.05) is 30.3 Å². The lowest BCUT2D eigenvalue weighted by molar-refractivity contribution is 0.0953. The molecule has 0 fully saturated rings. The van der Waals surface area contributed by atoms with E-state index in [4.69, 9.17) is 0 Å². The van der Waals surface area contributed by atoms with Gasteiger partial charge in [0.2, 0.25) is 0 Å². The van der Waals surface area contributed by atoms with Crippen LogP contribution in [0.2, 0.25) is 0 Å². The van der Waals surface area contributed by atoms with Gasteiger partial charge >= 0.3 is 0 Å². The van der Waals surface area contributed by atoms with Crippen LogP contribution in [0.25, 0.3) is 11.4 Å². The average molecular weight is 328 g/mol. The molecule has 0 saturated heterocycles. The monoisotopic (exact) mass is 328 g/mol. The van der Waals surface area contributed by atoms with Gasteiger partial charge in [-0.05, 0) is 12.1 Å². The van der Waals surface area contributed by atoms with E-state index < -0.39 is 17.5 Å². The Kier molecular flexibility index (Phi) is 4.60. The first-order valence-corrected chi connectivity index (χ1v) is 7.33. The average Bonchev–Trinajstić information content (AvgIpc) is 3.03. The molecule has 1 aromatic heterocycles. The molecule has 0 aliphatic rings. The second kappa shape index (κ2) is 6.99. The molecule has 2 aromatic carbocycles. The van der Waals surface area contributed by atoms with E-state index in [1.165, 1.54) is 0 Å². The molecule has 0 radical (unpaired) electrons. The number of hydrogen-bond donors (Lipinski definition) is 2. The molecule has 0 aliphatic heterocycles. The Balaban J connectivity index is 1.57. The number of aromatic amines is 1. The molecule has 0 spiro atoms.